The topological polar surface area (TPSA) is 40.5 Å². The van der Waals surface area contributed by atoms with E-state index in [-0.39, 0.29) is 6.54 Å². The normalized spacial score (nSPS) is 11.9. The lowest BCUT2D eigenvalue weighted by atomic mass is 10.2. The number of halogens is 5. The van der Waals surface area contributed by atoms with E-state index in [1.807, 2.05) is 0 Å². The molecule has 0 aromatic heterocycles. The Morgan fingerprint density at radius 1 is 1.26 bits per heavy atom. The quantitative estimate of drug-likeness (QED) is 0.814. The van der Waals surface area contributed by atoms with Gasteiger partial charge in [-0.25, -0.2) is 0 Å². The molecule has 0 unspecified atom stereocenters. The van der Waals surface area contributed by atoms with E-state index in [1.165, 1.54) is 0 Å². The van der Waals surface area contributed by atoms with Crippen molar-refractivity contribution in [1.82, 2.24) is 4.90 Å². The van der Waals surface area contributed by atoms with E-state index in [2.05, 4.69) is 31.9 Å². The molecule has 0 spiro atoms. The molecular formula is C11H10Br2F3NO2. The molecule has 1 aromatic rings. The first-order valence-electron chi connectivity index (χ1n) is 5.12. The third-order valence-electron chi connectivity index (χ3n) is 2.15. The largest absolute Gasteiger partial charge is 0.480 e. The number of carboxylic acids is 1. The highest BCUT2D eigenvalue weighted by Gasteiger charge is 2.31. The number of hydrogen-bond acceptors (Lipinski definition) is 2. The Kier molecular flexibility index (Phi) is 5.82. The Morgan fingerprint density at radius 3 is 2.37 bits per heavy atom. The van der Waals surface area contributed by atoms with Crippen molar-refractivity contribution in [2.45, 2.75) is 12.7 Å². The van der Waals surface area contributed by atoms with Crippen LogP contribution < -0.4 is 0 Å². The Bertz CT molecular complexity index is 466. The van der Waals surface area contributed by atoms with Gasteiger partial charge >= 0.3 is 12.1 Å². The summed E-state index contributed by atoms with van der Waals surface area (Å²) < 4.78 is 38.5. The zero-order valence-corrected chi connectivity index (χ0v) is 12.7. The zero-order chi connectivity index (χ0) is 14.6. The second kappa shape index (κ2) is 6.71. The van der Waals surface area contributed by atoms with Crippen molar-refractivity contribution in [3.05, 3.63) is 32.7 Å². The second-order valence-corrected chi connectivity index (χ2v) is 5.61. The van der Waals surface area contributed by atoms with Crippen molar-refractivity contribution >= 4 is 37.8 Å². The molecule has 0 saturated carbocycles. The van der Waals surface area contributed by atoms with Gasteiger partial charge in [0.1, 0.15) is 0 Å². The van der Waals surface area contributed by atoms with Crippen LogP contribution in [0.15, 0.2) is 27.1 Å². The van der Waals surface area contributed by atoms with Gasteiger partial charge in [-0.3, -0.25) is 9.69 Å². The van der Waals surface area contributed by atoms with Gasteiger partial charge in [-0.05, 0) is 49.6 Å². The molecule has 0 aliphatic heterocycles. The number of nitrogens with zero attached hydrogens (tertiary/aromatic N) is 1. The fourth-order valence-corrected chi connectivity index (χ4v) is 2.18. The number of alkyl halides is 3. The molecule has 1 aromatic carbocycles. The van der Waals surface area contributed by atoms with Gasteiger partial charge in [0.2, 0.25) is 0 Å². The predicted octanol–water partition coefficient (Wildman–Crippen LogP) is 3.66. The van der Waals surface area contributed by atoms with Crippen molar-refractivity contribution in [3.63, 3.8) is 0 Å². The number of aliphatic carboxylic acids is 1. The summed E-state index contributed by atoms with van der Waals surface area (Å²) in [4.78, 5) is 11.4. The van der Waals surface area contributed by atoms with Crippen molar-refractivity contribution < 1.29 is 23.1 Å². The first kappa shape index (κ1) is 16.5. The van der Waals surface area contributed by atoms with Crippen LogP contribution in [0.4, 0.5) is 13.2 Å². The first-order valence-corrected chi connectivity index (χ1v) is 6.71. The highest BCUT2D eigenvalue weighted by molar-refractivity contribution is 9.13. The van der Waals surface area contributed by atoms with Crippen molar-refractivity contribution in [1.29, 1.82) is 0 Å². The number of carboxylic acid groups (broad SMARTS) is 1. The fourth-order valence-electron chi connectivity index (χ4n) is 1.51. The Morgan fingerprint density at radius 2 is 1.89 bits per heavy atom. The summed E-state index contributed by atoms with van der Waals surface area (Å²) in [5.74, 6) is -1.29. The van der Waals surface area contributed by atoms with Gasteiger partial charge in [0.25, 0.3) is 0 Å². The predicted molar refractivity (Wildman–Crippen MR) is 70.8 cm³/mol. The summed E-state index contributed by atoms with van der Waals surface area (Å²) in [7, 11) is 0. The number of hydrogen-bond donors (Lipinski definition) is 1. The van der Waals surface area contributed by atoms with E-state index in [1.54, 1.807) is 18.2 Å². The lowest BCUT2D eigenvalue weighted by molar-refractivity contribution is -0.154. The second-order valence-electron chi connectivity index (χ2n) is 3.90. The maximum Gasteiger partial charge on any atom is 0.401 e. The summed E-state index contributed by atoms with van der Waals surface area (Å²) in [5, 5.41) is 8.63. The summed E-state index contributed by atoms with van der Waals surface area (Å²) in [6.07, 6.45) is -4.43. The van der Waals surface area contributed by atoms with Crippen LogP contribution in [0.1, 0.15) is 5.56 Å². The lowest BCUT2D eigenvalue weighted by Crippen LogP contribution is -2.37. The van der Waals surface area contributed by atoms with E-state index in [9.17, 15) is 18.0 Å². The molecule has 0 saturated heterocycles. The van der Waals surface area contributed by atoms with Gasteiger partial charge in [-0.2, -0.15) is 13.2 Å². The molecule has 0 amide bonds. The average Bonchev–Trinajstić information content (AvgIpc) is 2.20. The van der Waals surface area contributed by atoms with Gasteiger partial charge in [0.15, 0.2) is 0 Å². The molecule has 19 heavy (non-hydrogen) atoms. The molecule has 1 rings (SSSR count). The van der Waals surface area contributed by atoms with Crippen LogP contribution in [0.2, 0.25) is 0 Å². The first-order chi connectivity index (χ1) is 8.67. The van der Waals surface area contributed by atoms with Gasteiger partial charge in [0.05, 0.1) is 13.1 Å². The Balaban J connectivity index is 2.81. The van der Waals surface area contributed by atoms with Crippen LogP contribution in [0.3, 0.4) is 0 Å². The Hall–Kier alpha value is -0.600. The third-order valence-corrected chi connectivity index (χ3v) is 4.03. The van der Waals surface area contributed by atoms with Crippen LogP contribution in [-0.4, -0.2) is 35.2 Å². The molecule has 1 N–H and O–H groups in total. The SMILES string of the molecule is O=C(O)CN(Cc1ccc(Br)c(Br)c1)CC(F)(F)F. The zero-order valence-electron chi connectivity index (χ0n) is 9.55. The minimum absolute atomic E-state index is 0.0856. The highest BCUT2D eigenvalue weighted by Crippen LogP contribution is 2.25. The van der Waals surface area contributed by atoms with Gasteiger partial charge in [-0.1, -0.05) is 6.07 Å². The van der Waals surface area contributed by atoms with Crippen LogP contribution in [-0.2, 0) is 11.3 Å². The molecule has 0 aliphatic carbocycles. The van der Waals surface area contributed by atoms with E-state index in [0.29, 0.717) is 10.0 Å². The minimum atomic E-state index is -4.43. The maximum absolute atomic E-state index is 12.4. The van der Waals surface area contributed by atoms with Crippen LogP contribution in [0, 0.1) is 0 Å². The number of carbonyl (C=O) groups is 1. The fraction of sp³-hybridized carbons (Fsp3) is 0.364. The monoisotopic (exact) mass is 403 g/mol. The van der Waals surface area contributed by atoms with Gasteiger partial charge < -0.3 is 5.11 Å². The maximum atomic E-state index is 12.4. The lowest BCUT2D eigenvalue weighted by Gasteiger charge is -2.21. The number of benzene rings is 1. The van der Waals surface area contributed by atoms with E-state index in [4.69, 9.17) is 5.11 Å². The minimum Gasteiger partial charge on any atom is -0.480 e. The number of rotatable bonds is 5. The Labute approximate surface area is 124 Å². The molecule has 0 heterocycles. The third kappa shape index (κ3) is 6.40. The standard InChI is InChI=1S/C11H10Br2F3NO2/c12-8-2-1-7(3-9(8)13)4-17(5-10(18)19)6-11(14,15)16/h1-3H,4-6H2,(H,18,19). The van der Waals surface area contributed by atoms with Crippen molar-refractivity contribution in [2.24, 2.45) is 0 Å². The van der Waals surface area contributed by atoms with E-state index < -0.39 is 25.2 Å². The molecule has 0 fully saturated rings. The van der Waals surface area contributed by atoms with E-state index >= 15 is 0 Å². The molecule has 0 atom stereocenters. The van der Waals surface area contributed by atoms with Crippen LogP contribution >= 0.6 is 31.9 Å². The molecular weight excluding hydrogens is 395 g/mol. The molecule has 3 nitrogen and oxygen atoms in total. The summed E-state index contributed by atoms with van der Waals surface area (Å²) in [5.41, 5.74) is 0.598. The average molecular weight is 405 g/mol. The molecule has 8 heteroatoms. The van der Waals surface area contributed by atoms with E-state index in [0.717, 1.165) is 9.37 Å². The van der Waals surface area contributed by atoms with Crippen LogP contribution in [0.5, 0.6) is 0 Å². The van der Waals surface area contributed by atoms with Crippen molar-refractivity contribution in [2.75, 3.05) is 13.1 Å². The van der Waals surface area contributed by atoms with Gasteiger partial charge in [-0.15, -0.1) is 0 Å². The highest BCUT2D eigenvalue weighted by atomic mass is 79.9. The summed E-state index contributed by atoms with van der Waals surface area (Å²) in [6, 6.07) is 4.97. The molecule has 0 radical (unpaired) electrons. The van der Waals surface area contributed by atoms with Crippen molar-refractivity contribution in [3.8, 4) is 0 Å². The van der Waals surface area contributed by atoms with Crippen LogP contribution in [0.25, 0.3) is 0 Å². The molecule has 106 valence electrons. The molecule has 0 bridgehead atoms. The summed E-state index contributed by atoms with van der Waals surface area (Å²) in [6.45, 7) is -2.00. The summed E-state index contributed by atoms with van der Waals surface area (Å²) >= 11 is 6.49. The molecule has 0 aliphatic rings. The smallest absolute Gasteiger partial charge is 0.401 e. The van der Waals surface area contributed by atoms with Gasteiger partial charge in [0, 0.05) is 15.5 Å².